The third kappa shape index (κ3) is 2.88. The van der Waals surface area contributed by atoms with Crippen molar-refractivity contribution < 1.29 is 4.39 Å². The Morgan fingerprint density at radius 1 is 1.40 bits per heavy atom. The van der Waals surface area contributed by atoms with Crippen LogP contribution in [0.3, 0.4) is 0 Å². The third-order valence-electron chi connectivity index (χ3n) is 3.56. The molecule has 0 atom stereocenters. The summed E-state index contributed by atoms with van der Waals surface area (Å²) in [5.41, 5.74) is 2.42. The quantitative estimate of drug-likeness (QED) is 0.880. The monoisotopic (exact) mass is 274 g/mol. The van der Waals surface area contributed by atoms with E-state index in [2.05, 4.69) is 22.6 Å². The molecule has 3 rings (SSSR count). The Morgan fingerprint density at radius 3 is 2.95 bits per heavy atom. The van der Waals surface area contributed by atoms with Gasteiger partial charge in [0.25, 0.3) is 0 Å². The van der Waals surface area contributed by atoms with Gasteiger partial charge in [0.2, 0.25) is 0 Å². The van der Waals surface area contributed by atoms with E-state index in [1.807, 2.05) is 16.8 Å². The molecule has 0 unspecified atom stereocenters. The summed E-state index contributed by atoms with van der Waals surface area (Å²) in [6.07, 6.45) is 5.08. The van der Waals surface area contributed by atoms with Gasteiger partial charge in [-0.1, -0.05) is 24.3 Å². The van der Waals surface area contributed by atoms with Gasteiger partial charge in [0.05, 0.1) is 11.9 Å². The molecule has 1 saturated carbocycles. The lowest BCUT2D eigenvalue weighted by Crippen LogP contribution is -2.16. The molecule has 0 amide bonds. The molecular weight excluding hydrogens is 255 g/mol. The number of aryl methyl sites for hydroxylation is 1. The molecule has 1 aliphatic carbocycles. The van der Waals surface area contributed by atoms with Crippen LogP contribution in [0.15, 0.2) is 24.4 Å². The molecule has 1 aromatic heterocycles. The average molecular weight is 274 g/mol. The smallest absolute Gasteiger partial charge is 0.128 e. The zero-order chi connectivity index (χ0) is 13.9. The summed E-state index contributed by atoms with van der Waals surface area (Å²) in [7, 11) is 0. The minimum atomic E-state index is -0.167. The average Bonchev–Trinajstić information content (AvgIpc) is 3.16. The van der Waals surface area contributed by atoms with E-state index in [4.69, 9.17) is 0 Å². The first-order chi connectivity index (χ1) is 9.78. The molecule has 0 bridgehead atoms. The SMILES string of the molecule is CCCn1nncc1-c1ccc(CNC2CC2)c(F)c1. The number of benzene rings is 1. The largest absolute Gasteiger partial charge is 0.310 e. The minimum absolute atomic E-state index is 0.167. The van der Waals surface area contributed by atoms with Crippen LogP contribution in [0.5, 0.6) is 0 Å². The van der Waals surface area contributed by atoms with Gasteiger partial charge in [0, 0.05) is 30.3 Å². The van der Waals surface area contributed by atoms with Crippen LogP contribution in [0.2, 0.25) is 0 Å². The molecule has 1 aliphatic rings. The highest BCUT2D eigenvalue weighted by atomic mass is 19.1. The number of nitrogens with zero attached hydrogens (tertiary/aromatic N) is 3. The summed E-state index contributed by atoms with van der Waals surface area (Å²) in [5.74, 6) is -0.167. The Labute approximate surface area is 118 Å². The molecule has 2 aromatic rings. The normalized spacial score (nSPS) is 14.7. The van der Waals surface area contributed by atoms with E-state index < -0.39 is 0 Å². The van der Waals surface area contributed by atoms with Gasteiger partial charge < -0.3 is 5.32 Å². The van der Waals surface area contributed by atoms with Crippen LogP contribution in [0.4, 0.5) is 4.39 Å². The second-order valence-corrected chi connectivity index (χ2v) is 5.30. The van der Waals surface area contributed by atoms with E-state index in [1.54, 1.807) is 12.3 Å². The first-order valence-corrected chi connectivity index (χ1v) is 7.18. The van der Waals surface area contributed by atoms with Gasteiger partial charge in [0.1, 0.15) is 5.82 Å². The highest BCUT2D eigenvalue weighted by Crippen LogP contribution is 2.23. The molecule has 1 heterocycles. The summed E-state index contributed by atoms with van der Waals surface area (Å²) >= 11 is 0. The van der Waals surface area contributed by atoms with Crippen LogP contribution in [-0.4, -0.2) is 21.0 Å². The molecule has 0 saturated heterocycles. The first kappa shape index (κ1) is 13.2. The maximum absolute atomic E-state index is 14.1. The van der Waals surface area contributed by atoms with Gasteiger partial charge >= 0.3 is 0 Å². The highest BCUT2D eigenvalue weighted by Gasteiger charge is 2.20. The fraction of sp³-hybridized carbons (Fsp3) is 0.467. The number of rotatable bonds is 6. The van der Waals surface area contributed by atoms with E-state index in [-0.39, 0.29) is 5.82 Å². The summed E-state index contributed by atoms with van der Waals surface area (Å²) < 4.78 is 16.0. The maximum atomic E-state index is 14.1. The number of halogens is 1. The molecule has 1 N–H and O–H groups in total. The van der Waals surface area contributed by atoms with Crippen LogP contribution in [0.25, 0.3) is 11.3 Å². The topological polar surface area (TPSA) is 42.7 Å². The Kier molecular flexibility index (Phi) is 3.78. The Bertz CT molecular complexity index is 589. The fourth-order valence-electron chi connectivity index (χ4n) is 2.25. The summed E-state index contributed by atoms with van der Waals surface area (Å²) in [5, 5.41) is 11.3. The van der Waals surface area contributed by atoms with Crippen molar-refractivity contribution in [1.82, 2.24) is 20.3 Å². The van der Waals surface area contributed by atoms with Crippen LogP contribution in [0, 0.1) is 5.82 Å². The van der Waals surface area contributed by atoms with Crippen molar-refractivity contribution in [2.75, 3.05) is 0 Å². The first-order valence-electron chi connectivity index (χ1n) is 7.18. The Morgan fingerprint density at radius 2 is 2.25 bits per heavy atom. The number of nitrogens with one attached hydrogen (secondary N) is 1. The van der Waals surface area contributed by atoms with Gasteiger partial charge in [-0.2, -0.15) is 0 Å². The molecule has 0 spiro atoms. The second kappa shape index (κ2) is 5.71. The lowest BCUT2D eigenvalue weighted by atomic mass is 10.1. The summed E-state index contributed by atoms with van der Waals surface area (Å²) in [6, 6.07) is 5.96. The lowest BCUT2D eigenvalue weighted by Gasteiger charge is -2.08. The zero-order valence-electron chi connectivity index (χ0n) is 11.6. The predicted molar refractivity (Wildman–Crippen MR) is 75.6 cm³/mol. The van der Waals surface area contributed by atoms with Gasteiger partial charge in [-0.05, 0) is 25.3 Å². The number of hydrogen-bond donors (Lipinski definition) is 1. The van der Waals surface area contributed by atoms with Gasteiger partial charge in [-0.15, -0.1) is 5.10 Å². The van der Waals surface area contributed by atoms with Gasteiger partial charge in [-0.3, -0.25) is 0 Å². The van der Waals surface area contributed by atoms with Crippen LogP contribution >= 0.6 is 0 Å². The highest BCUT2D eigenvalue weighted by molar-refractivity contribution is 5.59. The summed E-state index contributed by atoms with van der Waals surface area (Å²) in [4.78, 5) is 0. The molecule has 1 fully saturated rings. The van der Waals surface area contributed by atoms with Crippen LogP contribution in [0.1, 0.15) is 31.7 Å². The summed E-state index contributed by atoms with van der Waals surface area (Å²) in [6.45, 7) is 3.48. The van der Waals surface area contributed by atoms with Crippen LogP contribution < -0.4 is 5.32 Å². The van der Waals surface area contributed by atoms with Gasteiger partial charge in [0.15, 0.2) is 0 Å². The predicted octanol–water partition coefficient (Wildman–Crippen LogP) is 2.75. The lowest BCUT2D eigenvalue weighted by molar-refractivity contribution is 0.579. The Balaban J connectivity index is 1.79. The van der Waals surface area contributed by atoms with Crippen molar-refractivity contribution in [2.45, 2.75) is 45.3 Å². The second-order valence-electron chi connectivity index (χ2n) is 5.30. The molecule has 106 valence electrons. The van der Waals surface area contributed by atoms with E-state index in [9.17, 15) is 4.39 Å². The maximum Gasteiger partial charge on any atom is 0.128 e. The van der Waals surface area contributed by atoms with Crippen LogP contribution in [-0.2, 0) is 13.1 Å². The standard InChI is InChI=1S/C15H19FN4/c1-2-7-20-15(10-18-19-20)11-3-4-12(14(16)8-11)9-17-13-5-6-13/h3-4,8,10,13,17H,2,5-7,9H2,1H3. The molecule has 20 heavy (non-hydrogen) atoms. The van der Waals surface area contributed by atoms with E-state index >= 15 is 0 Å². The van der Waals surface area contributed by atoms with E-state index in [1.165, 1.54) is 12.8 Å². The molecule has 4 nitrogen and oxygen atoms in total. The molecular formula is C15H19FN4. The van der Waals surface area contributed by atoms with Crippen molar-refractivity contribution in [3.05, 3.63) is 35.8 Å². The minimum Gasteiger partial charge on any atom is -0.310 e. The molecule has 0 radical (unpaired) electrons. The van der Waals surface area contributed by atoms with Crippen molar-refractivity contribution in [1.29, 1.82) is 0 Å². The fourth-order valence-corrected chi connectivity index (χ4v) is 2.25. The number of hydrogen-bond acceptors (Lipinski definition) is 3. The van der Waals surface area contributed by atoms with E-state index in [0.29, 0.717) is 12.6 Å². The van der Waals surface area contributed by atoms with Crippen molar-refractivity contribution in [3.63, 3.8) is 0 Å². The van der Waals surface area contributed by atoms with Gasteiger partial charge in [-0.25, -0.2) is 9.07 Å². The van der Waals surface area contributed by atoms with E-state index in [0.717, 1.165) is 29.8 Å². The molecule has 5 heteroatoms. The number of aromatic nitrogens is 3. The van der Waals surface area contributed by atoms with Crippen molar-refractivity contribution >= 4 is 0 Å². The molecule has 0 aliphatic heterocycles. The molecule has 1 aromatic carbocycles. The van der Waals surface area contributed by atoms with Crippen molar-refractivity contribution in [3.8, 4) is 11.3 Å². The van der Waals surface area contributed by atoms with Crippen molar-refractivity contribution in [2.24, 2.45) is 0 Å². The Hall–Kier alpha value is -1.75. The third-order valence-corrected chi connectivity index (χ3v) is 3.56. The zero-order valence-corrected chi connectivity index (χ0v) is 11.6.